The molecule has 0 spiro atoms. The standard InChI is InChI=1S/C21H32N2O3/c1-15-7-4-5-8-18(15)22-21(24)14-23-12-6-9-19(23)17-13-16(25-2)10-11-20(17)26-3/h10-11,13,15,18-19H,4-9,12,14H2,1-3H3,(H,22,24)/t15-,18+,19+/m0/s1. The maximum Gasteiger partial charge on any atom is 0.234 e. The summed E-state index contributed by atoms with van der Waals surface area (Å²) in [5.41, 5.74) is 1.11. The lowest BCUT2D eigenvalue weighted by molar-refractivity contribution is -0.123. The largest absolute Gasteiger partial charge is 0.497 e. The summed E-state index contributed by atoms with van der Waals surface area (Å²) in [6, 6.07) is 6.45. The van der Waals surface area contributed by atoms with E-state index in [1.165, 1.54) is 19.3 Å². The fraction of sp³-hybridized carbons (Fsp3) is 0.667. The van der Waals surface area contributed by atoms with Crippen LogP contribution in [-0.4, -0.2) is 44.2 Å². The first kappa shape index (κ1) is 19.0. The third-order valence-corrected chi connectivity index (χ3v) is 5.96. The molecular weight excluding hydrogens is 328 g/mol. The average Bonchev–Trinajstić information content (AvgIpc) is 3.10. The number of likely N-dealkylation sites (tertiary alicyclic amines) is 1. The van der Waals surface area contributed by atoms with Crippen molar-refractivity contribution in [1.29, 1.82) is 0 Å². The molecule has 5 nitrogen and oxygen atoms in total. The molecule has 5 heteroatoms. The second kappa shape index (κ2) is 8.76. The van der Waals surface area contributed by atoms with Crippen LogP contribution in [0.1, 0.15) is 57.1 Å². The van der Waals surface area contributed by atoms with E-state index in [0.717, 1.165) is 42.9 Å². The zero-order valence-corrected chi connectivity index (χ0v) is 16.3. The Bertz CT molecular complexity index is 619. The summed E-state index contributed by atoms with van der Waals surface area (Å²) in [6.07, 6.45) is 6.98. The molecule has 1 heterocycles. The lowest BCUT2D eigenvalue weighted by Gasteiger charge is -2.31. The van der Waals surface area contributed by atoms with Crippen LogP contribution in [0.2, 0.25) is 0 Å². The highest BCUT2D eigenvalue weighted by Crippen LogP contribution is 2.38. The predicted octanol–water partition coefficient (Wildman–Crippen LogP) is 3.54. The molecule has 0 radical (unpaired) electrons. The van der Waals surface area contributed by atoms with Crippen molar-refractivity contribution in [3.63, 3.8) is 0 Å². The van der Waals surface area contributed by atoms with Gasteiger partial charge in [0.2, 0.25) is 5.91 Å². The Morgan fingerprint density at radius 1 is 1.15 bits per heavy atom. The smallest absolute Gasteiger partial charge is 0.234 e. The van der Waals surface area contributed by atoms with E-state index in [0.29, 0.717) is 18.5 Å². The van der Waals surface area contributed by atoms with Gasteiger partial charge in [0.1, 0.15) is 11.5 Å². The molecule has 3 rings (SSSR count). The first-order chi connectivity index (χ1) is 12.6. The molecule has 1 aromatic rings. The van der Waals surface area contributed by atoms with E-state index in [2.05, 4.69) is 17.1 Å². The van der Waals surface area contributed by atoms with E-state index < -0.39 is 0 Å². The number of methoxy groups -OCH3 is 2. The van der Waals surface area contributed by atoms with Crippen molar-refractivity contribution < 1.29 is 14.3 Å². The fourth-order valence-corrected chi connectivity index (χ4v) is 4.43. The highest BCUT2D eigenvalue weighted by atomic mass is 16.5. The van der Waals surface area contributed by atoms with Gasteiger partial charge in [-0.1, -0.05) is 19.8 Å². The molecule has 1 aliphatic heterocycles. The van der Waals surface area contributed by atoms with Gasteiger partial charge >= 0.3 is 0 Å². The summed E-state index contributed by atoms with van der Waals surface area (Å²) in [7, 11) is 3.37. The number of hydrogen-bond donors (Lipinski definition) is 1. The Labute approximate surface area is 157 Å². The summed E-state index contributed by atoms with van der Waals surface area (Å²) in [5, 5.41) is 3.28. The number of nitrogens with one attached hydrogen (secondary N) is 1. The number of benzene rings is 1. The highest BCUT2D eigenvalue weighted by Gasteiger charge is 2.31. The number of ether oxygens (including phenoxy) is 2. The van der Waals surface area contributed by atoms with E-state index in [1.54, 1.807) is 14.2 Å². The number of carbonyl (C=O) groups excluding carboxylic acids is 1. The summed E-state index contributed by atoms with van der Waals surface area (Å²) in [5.74, 6) is 2.43. The van der Waals surface area contributed by atoms with E-state index in [9.17, 15) is 4.79 Å². The predicted molar refractivity (Wildman–Crippen MR) is 103 cm³/mol. The Kier molecular flexibility index (Phi) is 6.41. The van der Waals surface area contributed by atoms with Gasteiger partial charge in [0.25, 0.3) is 0 Å². The molecular formula is C21H32N2O3. The van der Waals surface area contributed by atoms with Crippen LogP contribution >= 0.6 is 0 Å². The maximum atomic E-state index is 12.7. The molecule has 3 atom stereocenters. The number of hydrogen-bond acceptors (Lipinski definition) is 4. The van der Waals surface area contributed by atoms with Gasteiger partial charge < -0.3 is 14.8 Å². The molecule has 0 aromatic heterocycles. The van der Waals surface area contributed by atoms with Crippen molar-refractivity contribution in [2.45, 2.75) is 57.5 Å². The summed E-state index contributed by atoms with van der Waals surface area (Å²) < 4.78 is 11.0. The second-order valence-electron chi connectivity index (χ2n) is 7.67. The minimum atomic E-state index is 0.150. The van der Waals surface area contributed by atoms with Crippen molar-refractivity contribution in [1.82, 2.24) is 10.2 Å². The normalized spacial score (nSPS) is 26.5. The van der Waals surface area contributed by atoms with Crippen LogP contribution < -0.4 is 14.8 Å². The van der Waals surface area contributed by atoms with Crippen molar-refractivity contribution in [3.05, 3.63) is 23.8 Å². The average molecular weight is 360 g/mol. The van der Waals surface area contributed by atoms with Gasteiger partial charge in [-0.05, 0) is 56.3 Å². The second-order valence-corrected chi connectivity index (χ2v) is 7.67. The van der Waals surface area contributed by atoms with Gasteiger partial charge in [-0.25, -0.2) is 0 Å². The van der Waals surface area contributed by atoms with E-state index in [4.69, 9.17) is 9.47 Å². The molecule has 1 saturated heterocycles. The van der Waals surface area contributed by atoms with Crippen LogP contribution in [-0.2, 0) is 4.79 Å². The van der Waals surface area contributed by atoms with Crippen molar-refractivity contribution in [2.24, 2.45) is 5.92 Å². The quantitative estimate of drug-likeness (QED) is 0.843. The molecule has 26 heavy (non-hydrogen) atoms. The zero-order chi connectivity index (χ0) is 18.5. The van der Waals surface area contributed by atoms with Crippen LogP contribution in [0.15, 0.2) is 18.2 Å². The van der Waals surface area contributed by atoms with Gasteiger partial charge in [-0.15, -0.1) is 0 Å². The monoisotopic (exact) mass is 360 g/mol. The Morgan fingerprint density at radius 3 is 2.69 bits per heavy atom. The van der Waals surface area contributed by atoms with Crippen LogP contribution in [0, 0.1) is 5.92 Å². The molecule has 1 aliphatic carbocycles. The lowest BCUT2D eigenvalue weighted by atomic mass is 9.86. The first-order valence-corrected chi connectivity index (χ1v) is 9.87. The van der Waals surface area contributed by atoms with E-state index in [1.807, 2.05) is 18.2 Å². The van der Waals surface area contributed by atoms with Crippen LogP contribution in [0.5, 0.6) is 11.5 Å². The van der Waals surface area contributed by atoms with Gasteiger partial charge in [-0.3, -0.25) is 9.69 Å². The summed E-state index contributed by atoms with van der Waals surface area (Å²) in [4.78, 5) is 14.9. The third kappa shape index (κ3) is 4.32. The van der Waals surface area contributed by atoms with E-state index >= 15 is 0 Å². The van der Waals surface area contributed by atoms with Gasteiger partial charge in [0.15, 0.2) is 0 Å². The minimum Gasteiger partial charge on any atom is -0.497 e. The maximum absolute atomic E-state index is 12.7. The molecule has 1 saturated carbocycles. The molecule has 0 unspecified atom stereocenters. The Morgan fingerprint density at radius 2 is 1.96 bits per heavy atom. The van der Waals surface area contributed by atoms with Gasteiger partial charge in [0.05, 0.1) is 20.8 Å². The molecule has 1 aromatic carbocycles. The van der Waals surface area contributed by atoms with Crippen LogP contribution in [0.3, 0.4) is 0 Å². The molecule has 0 bridgehead atoms. The third-order valence-electron chi connectivity index (χ3n) is 5.96. The number of carbonyl (C=O) groups is 1. The highest BCUT2D eigenvalue weighted by molar-refractivity contribution is 5.78. The van der Waals surface area contributed by atoms with Crippen molar-refractivity contribution in [2.75, 3.05) is 27.3 Å². The Balaban J connectivity index is 1.67. The number of amides is 1. The topological polar surface area (TPSA) is 50.8 Å². The fourth-order valence-electron chi connectivity index (χ4n) is 4.43. The van der Waals surface area contributed by atoms with Crippen molar-refractivity contribution >= 4 is 5.91 Å². The molecule has 1 N–H and O–H groups in total. The lowest BCUT2D eigenvalue weighted by Crippen LogP contribution is -2.45. The molecule has 144 valence electrons. The van der Waals surface area contributed by atoms with Crippen LogP contribution in [0.25, 0.3) is 0 Å². The van der Waals surface area contributed by atoms with Crippen LogP contribution in [0.4, 0.5) is 0 Å². The molecule has 2 fully saturated rings. The molecule has 1 amide bonds. The number of rotatable bonds is 6. The zero-order valence-electron chi connectivity index (χ0n) is 16.3. The molecule has 2 aliphatic rings. The minimum absolute atomic E-state index is 0.150. The first-order valence-electron chi connectivity index (χ1n) is 9.87. The SMILES string of the molecule is COc1ccc(OC)c([C@H]2CCCN2CC(=O)N[C@@H]2CCCC[C@@H]2C)c1. The van der Waals surface area contributed by atoms with Crippen molar-refractivity contribution in [3.8, 4) is 11.5 Å². The number of nitrogens with zero attached hydrogens (tertiary/aromatic N) is 1. The van der Waals surface area contributed by atoms with Gasteiger partial charge in [0, 0.05) is 17.6 Å². The summed E-state index contributed by atoms with van der Waals surface area (Å²) >= 11 is 0. The summed E-state index contributed by atoms with van der Waals surface area (Å²) in [6.45, 7) is 3.65. The van der Waals surface area contributed by atoms with Gasteiger partial charge in [-0.2, -0.15) is 0 Å². The Hall–Kier alpha value is -1.75. The van der Waals surface area contributed by atoms with E-state index in [-0.39, 0.29) is 11.9 Å².